The molecule has 15 heavy (non-hydrogen) atoms. The molecule has 1 atom stereocenters. The highest BCUT2D eigenvalue weighted by Gasteiger charge is 2.20. The molecular formula is C12H18O2S. The average Bonchev–Trinajstić information content (AvgIpc) is 2.86. The topological polar surface area (TPSA) is 29.5 Å². The number of aliphatic hydroxyl groups is 1. The number of methoxy groups -OCH3 is 1. The minimum absolute atomic E-state index is 0.290. The van der Waals surface area contributed by atoms with Gasteiger partial charge in [-0.15, -0.1) is 11.3 Å². The zero-order valence-electron chi connectivity index (χ0n) is 9.11. The maximum atomic E-state index is 10.0. The standard InChI is InChI=1S/C12H18O2S/c1-14-10-7-12(15-8-10)11(13)6-9-4-2-3-5-9/h7-9,11,13H,2-6H2,1H3. The molecule has 1 saturated carbocycles. The Morgan fingerprint density at radius 1 is 1.53 bits per heavy atom. The molecule has 1 aliphatic rings. The van der Waals surface area contributed by atoms with Gasteiger partial charge < -0.3 is 9.84 Å². The molecule has 0 saturated heterocycles. The van der Waals surface area contributed by atoms with Crippen LogP contribution in [-0.2, 0) is 0 Å². The second-order valence-corrected chi connectivity index (χ2v) is 5.23. The summed E-state index contributed by atoms with van der Waals surface area (Å²) >= 11 is 1.59. The van der Waals surface area contributed by atoms with Crippen LogP contribution in [0.1, 0.15) is 43.1 Å². The van der Waals surface area contributed by atoms with Gasteiger partial charge in [-0.05, 0) is 18.4 Å². The Hall–Kier alpha value is -0.540. The van der Waals surface area contributed by atoms with E-state index >= 15 is 0 Å². The normalized spacial score (nSPS) is 19.3. The minimum atomic E-state index is -0.290. The number of aliphatic hydroxyl groups excluding tert-OH is 1. The van der Waals surface area contributed by atoms with Crippen LogP contribution in [0.3, 0.4) is 0 Å². The average molecular weight is 226 g/mol. The second kappa shape index (κ2) is 4.99. The number of hydrogen-bond acceptors (Lipinski definition) is 3. The number of ether oxygens (including phenoxy) is 1. The highest BCUT2D eigenvalue weighted by atomic mass is 32.1. The summed E-state index contributed by atoms with van der Waals surface area (Å²) in [6, 6.07) is 1.95. The molecule has 1 N–H and O–H groups in total. The fourth-order valence-corrected chi connectivity index (χ4v) is 3.15. The summed E-state index contributed by atoms with van der Waals surface area (Å²) in [7, 11) is 1.66. The number of rotatable bonds is 4. The lowest BCUT2D eigenvalue weighted by Crippen LogP contribution is -2.02. The van der Waals surface area contributed by atoms with E-state index in [0.29, 0.717) is 0 Å². The first-order valence-corrected chi connectivity index (χ1v) is 6.48. The van der Waals surface area contributed by atoms with Gasteiger partial charge in [-0.3, -0.25) is 0 Å². The largest absolute Gasteiger partial charge is 0.496 e. The van der Waals surface area contributed by atoms with Crippen molar-refractivity contribution in [3.63, 3.8) is 0 Å². The monoisotopic (exact) mass is 226 g/mol. The highest BCUT2D eigenvalue weighted by Crippen LogP contribution is 2.35. The Labute approximate surface area is 94.9 Å². The lowest BCUT2D eigenvalue weighted by Gasteiger charge is -2.13. The van der Waals surface area contributed by atoms with Gasteiger partial charge >= 0.3 is 0 Å². The molecule has 1 unspecified atom stereocenters. The molecule has 0 spiro atoms. The van der Waals surface area contributed by atoms with Crippen molar-refractivity contribution in [1.82, 2.24) is 0 Å². The third-order valence-corrected chi connectivity index (χ3v) is 4.20. The molecule has 1 aromatic heterocycles. The third-order valence-electron chi connectivity index (χ3n) is 3.19. The predicted molar refractivity (Wildman–Crippen MR) is 62.4 cm³/mol. The number of thiophene rings is 1. The van der Waals surface area contributed by atoms with E-state index in [-0.39, 0.29) is 6.10 Å². The van der Waals surface area contributed by atoms with Crippen molar-refractivity contribution in [2.45, 2.75) is 38.2 Å². The van der Waals surface area contributed by atoms with Crippen molar-refractivity contribution < 1.29 is 9.84 Å². The van der Waals surface area contributed by atoms with Gasteiger partial charge in [0.15, 0.2) is 0 Å². The first kappa shape index (κ1) is 11.0. The van der Waals surface area contributed by atoms with Crippen molar-refractivity contribution in [3.8, 4) is 5.75 Å². The molecule has 0 bridgehead atoms. The predicted octanol–water partition coefficient (Wildman–Crippen LogP) is 3.37. The lowest BCUT2D eigenvalue weighted by atomic mass is 9.99. The molecule has 2 nitrogen and oxygen atoms in total. The van der Waals surface area contributed by atoms with Crippen LogP contribution in [0.2, 0.25) is 0 Å². The first-order chi connectivity index (χ1) is 7.29. The SMILES string of the molecule is COc1csc(C(O)CC2CCCC2)c1. The van der Waals surface area contributed by atoms with Crippen molar-refractivity contribution in [1.29, 1.82) is 0 Å². The van der Waals surface area contributed by atoms with Gasteiger partial charge in [0.1, 0.15) is 5.75 Å². The molecule has 1 heterocycles. The molecule has 2 rings (SSSR count). The van der Waals surface area contributed by atoms with Crippen LogP contribution in [-0.4, -0.2) is 12.2 Å². The van der Waals surface area contributed by atoms with Gasteiger partial charge in [0, 0.05) is 10.3 Å². The van der Waals surface area contributed by atoms with Crippen molar-refractivity contribution in [2.24, 2.45) is 5.92 Å². The van der Waals surface area contributed by atoms with E-state index in [1.807, 2.05) is 11.4 Å². The first-order valence-electron chi connectivity index (χ1n) is 5.60. The van der Waals surface area contributed by atoms with Crippen molar-refractivity contribution in [3.05, 3.63) is 16.3 Å². The van der Waals surface area contributed by atoms with E-state index in [4.69, 9.17) is 4.74 Å². The molecular weight excluding hydrogens is 208 g/mol. The maximum Gasteiger partial charge on any atom is 0.129 e. The molecule has 84 valence electrons. The van der Waals surface area contributed by atoms with Gasteiger partial charge in [-0.25, -0.2) is 0 Å². The van der Waals surface area contributed by atoms with Crippen molar-refractivity contribution in [2.75, 3.05) is 7.11 Å². The Bertz CT molecular complexity index is 302. The summed E-state index contributed by atoms with van der Waals surface area (Å²) in [6.07, 6.45) is 5.89. The van der Waals surface area contributed by atoms with Crippen LogP contribution < -0.4 is 4.74 Å². The quantitative estimate of drug-likeness (QED) is 0.853. The minimum Gasteiger partial charge on any atom is -0.496 e. The molecule has 0 aromatic carbocycles. The summed E-state index contributed by atoms with van der Waals surface area (Å²) in [5, 5.41) is 12.0. The third kappa shape index (κ3) is 2.73. The van der Waals surface area contributed by atoms with Gasteiger partial charge in [0.05, 0.1) is 13.2 Å². The summed E-state index contributed by atoms with van der Waals surface area (Å²) in [5.41, 5.74) is 0. The van der Waals surface area contributed by atoms with Gasteiger partial charge in [-0.1, -0.05) is 25.7 Å². The molecule has 1 fully saturated rings. The Kier molecular flexibility index (Phi) is 3.65. The van der Waals surface area contributed by atoms with Crippen LogP contribution in [0, 0.1) is 5.92 Å². The summed E-state index contributed by atoms with van der Waals surface area (Å²) in [4.78, 5) is 1.04. The Balaban J connectivity index is 1.91. The molecule has 0 aliphatic heterocycles. The molecule has 1 aliphatic carbocycles. The van der Waals surface area contributed by atoms with E-state index in [1.54, 1.807) is 18.4 Å². The smallest absolute Gasteiger partial charge is 0.129 e. The van der Waals surface area contributed by atoms with Gasteiger partial charge in [0.25, 0.3) is 0 Å². The molecule has 3 heteroatoms. The van der Waals surface area contributed by atoms with Gasteiger partial charge in [-0.2, -0.15) is 0 Å². The fraction of sp³-hybridized carbons (Fsp3) is 0.667. The van der Waals surface area contributed by atoms with Crippen molar-refractivity contribution >= 4 is 11.3 Å². The van der Waals surface area contributed by atoms with Crippen LogP contribution in [0.25, 0.3) is 0 Å². The van der Waals surface area contributed by atoms with E-state index in [0.717, 1.165) is 23.0 Å². The van der Waals surface area contributed by atoms with Crippen LogP contribution in [0.4, 0.5) is 0 Å². The van der Waals surface area contributed by atoms with Gasteiger partial charge in [0.2, 0.25) is 0 Å². The van der Waals surface area contributed by atoms with Crippen LogP contribution in [0.5, 0.6) is 5.75 Å². The van der Waals surface area contributed by atoms with E-state index in [9.17, 15) is 5.11 Å². The van der Waals surface area contributed by atoms with E-state index in [2.05, 4.69) is 0 Å². The highest BCUT2D eigenvalue weighted by molar-refractivity contribution is 7.10. The van der Waals surface area contributed by atoms with E-state index in [1.165, 1.54) is 25.7 Å². The Morgan fingerprint density at radius 2 is 2.27 bits per heavy atom. The summed E-state index contributed by atoms with van der Waals surface area (Å²) in [5.74, 6) is 1.59. The molecule has 1 aromatic rings. The zero-order chi connectivity index (χ0) is 10.7. The van der Waals surface area contributed by atoms with E-state index < -0.39 is 0 Å². The zero-order valence-corrected chi connectivity index (χ0v) is 9.93. The second-order valence-electron chi connectivity index (χ2n) is 4.29. The fourth-order valence-electron chi connectivity index (χ4n) is 2.29. The van der Waals surface area contributed by atoms with Crippen LogP contribution >= 0.6 is 11.3 Å². The Morgan fingerprint density at radius 3 is 2.87 bits per heavy atom. The molecule has 0 amide bonds. The lowest BCUT2D eigenvalue weighted by molar-refractivity contribution is 0.148. The maximum absolute atomic E-state index is 10.0. The number of hydrogen-bond donors (Lipinski definition) is 1. The van der Waals surface area contributed by atoms with Crippen LogP contribution in [0.15, 0.2) is 11.4 Å². The summed E-state index contributed by atoms with van der Waals surface area (Å²) < 4.78 is 5.11. The summed E-state index contributed by atoms with van der Waals surface area (Å²) in [6.45, 7) is 0. The molecule has 0 radical (unpaired) electrons.